The first-order chi connectivity index (χ1) is 17.1. The minimum absolute atomic E-state index is 0. The number of benzene rings is 2. The van der Waals surface area contributed by atoms with E-state index in [9.17, 15) is 9.59 Å². The SMILES string of the molecule is CN1Cc2ccc(-c3cc4n(c3C(=O)C(=O)Nc3ccc(-c5ncco5)cc3)CCC=C4)cc2C1.[HH]. The van der Waals surface area contributed by atoms with Gasteiger partial charge in [-0.3, -0.25) is 14.5 Å². The summed E-state index contributed by atoms with van der Waals surface area (Å²) in [6, 6.07) is 15.4. The van der Waals surface area contributed by atoms with E-state index in [1.165, 1.54) is 17.4 Å². The predicted molar refractivity (Wildman–Crippen MR) is 136 cm³/mol. The molecule has 176 valence electrons. The average Bonchev–Trinajstić information content (AvgIpc) is 3.61. The van der Waals surface area contributed by atoms with Crippen molar-refractivity contribution in [1.29, 1.82) is 0 Å². The molecule has 0 spiro atoms. The molecule has 1 amide bonds. The molecule has 7 nitrogen and oxygen atoms in total. The van der Waals surface area contributed by atoms with Crippen molar-refractivity contribution in [2.24, 2.45) is 0 Å². The van der Waals surface area contributed by atoms with E-state index in [4.69, 9.17) is 4.42 Å². The van der Waals surface area contributed by atoms with Crippen molar-refractivity contribution in [3.63, 3.8) is 0 Å². The normalized spacial score (nSPS) is 14.5. The summed E-state index contributed by atoms with van der Waals surface area (Å²) in [5.41, 5.74) is 7.02. The lowest BCUT2D eigenvalue weighted by Crippen LogP contribution is -2.26. The zero-order chi connectivity index (χ0) is 23.9. The molecule has 0 radical (unpaired) electrons. The van der Waals surface area contributed by atoms with Crippen LogP contribution in [0.3, 0.4) is 0 Å². The second kappa shape index (κ2) is 8.52. The molecule has 35 heavy (non-hydrogen) atoms. The summed E-state index contributed by atoms with van der Waals surface area (Å²) in [4.78, 5) is 33.0. The number of hydrogen-bond donors (Lipinski definition) is 1. The number of ketones is 1. The van der Waals surface area contributed by atoms with E-state index >= 15 is 0 Å². The summed E-state index contributed by atoms with van der Waals surface area (Å²) in [5.74, 6) is -0.709. The molecule has 0 unspecified atom stereocenters. The number of nitrogens with zero attached hydrogens (tertiary/aromatic N) is 3. The predicted octanol–water partition coefficient (Wildman–Crippen LogP) is 5.24. The van der Waals surface area contributed by atoms with Gasteiger partial charge >= 0.3 is 0 Å². The molecule has 4 aromatic rings. The van der Waals surface area contributed by atoms with Crippen molar-refractivity contribution in [3.8, 4) is 22.6 Å². The first kappa shape index (κ1) is 21.3. The second-order valence-corrected chi connectivity index (χ2v) is 9.03. The second-order valence-electron chi connectivity index (χ2n) is 9.03. The zero-order valence-electron chi connectivity index (χ0n) is 19.3. The van der Waals surface area contributed by atoms with Crippen LogP contribution in [0.15, 0.2) is 71.5 Å². The van der Waals surface area contributed by atoms with Crippen molar-refractivity contribution >= 4 is 23.5 Å². The average molecular weight is 467 g/mol. The summed E-state index contributed by atoms with van der Waals surface area (Å²) < 4.78 is 7.27. The van der Waals surface area contributed by atoms with Gasteiger partial charge in [-0.05, 0) is 72.6 Å². The number of amides is 1. The van der Waals surface area contributed by atoms with Crippen LogP contribution in [0.4, 0.5) is 5.69 Å². The highest BCUT2D eigenvalue weighted by atomic mass is 16.3. The van der Waals surface area contributed by atoms with Gasteiger partial charge in [-0.15, -0.1) is 0 Å². The van der Waals surface area contributed by atoms with E-state index in [-0.39, 0.29) is 1.43 Å². The Labute approximate surface area is 204 Å². The van der Waals surface area contributed by atoms with Crippen molar-refractivity contribution in [1.82, 2.24) is 14.5 Å². The Kier molecular flexibility index (Phi) is 5.19. The number of allylic oxidation sites excluding steroid dienone is 1. The number of aromatic nitrogens is 2. The van der Waals surface area contributed by atoms with Crippen LogP contribution in [0, 0.1) is 0 Å². The number of oxazole rings is 1. The summed E-state index contributed by atoms with van der Waals surface area (Å²) >= 11 is 0. The number of rotatable bonds is 5. The number of nitrogens with one attached hydrogen (secondary N) is 1. The van der Waals surface area contributed by atoms with E-state index in [1.807, 2.05) is 16.7 Å². The standard InChI is InChI=1S/C28H24N4O3.H2/c1-31-16-20-6-5-19(14-21(20)17-31)24-15-23-4-2-3-12-32(23)25(24)26(33)27(34)30-22-9-7-18(8-10-22)28-29-11-13-35-28;/h2,4-11,13-15H,3,12,16-17H2,1H3,(H,30,34);1H. The van der Waals surface area contributed by atoms with Crippen LogP contribution in [-0.2, 0) is 24.4 Å². The Morgan fingerprint density at radius 1 is 1.03 bits per heavy atom. The third kappa shape index (κ3) is 3.90. The van der Waals surface area contributed by atoms with Gasteiger partial charge in [0, 0.05) is 43.6 Å². The van der Waals surface area contributed by atoms with Gasteiger partial charge in [-0.1, -0.05) is 18.2 Å². The molecule has 7 heteroatoms. The molecule has 2 aromatic heterocycles. The first-order valence-electron chi connectivity index (χ1n) is 11.6. The van der Waals surface area contributed by atoms with Crippen LogP contribution < -0.4 is 5.32 Å². The monoisotopic (exact) mass is 466 g/mol. The van der Waals surface area contributed by atoms with Crippen molar-refractivity contribution in [2.75, 3.05) is 12.4 Å². The van der Waals surface area contributed by atoms with E-state index in [0.717, 1.165) is 41.9 Å². The quantitative estimate of drug-likeness (QED) is 0.321. The molecule has 0 atom stereocenters. The molecule has 2 aromatic carbocycles. The fraction of sp³-hybridized carbons (Fsp3) is 0.179. The molecule has 4 heterocycles. The Hall–Kier alpha value is -4.23. The van der Waals surface area contributed by atoms with Crippen LogP contribution in [0.5, 0.6) is 0 Å². The van der Waals surface area contributed by atoms with Gasteiger partial charge in [0.25, 0.3) is 11.7 Å². The molecule has 0 saturated heterocycles. The number of anilines is 1. The van der Waals surface area contributed by atoms with Crippen LogP contribution in [0.2, 0.25) is 0 Å². The molecule has 0 fully saturated rings. The topological polar surface area (TPSA) is 80.4 Å². The van der Waals surface area contributed by atoms with Gasteiger partial charge < -0.3 is 14.3 Å². The number of fused-ring (bicyclic) bond motifs is 2. The Balaban J connectivity index is 0.00000267. The molecule has 0 aliphatic carbocycles. The minimum Gasteiger partial charge on any atom is -0.445 e. The highest BCUT2D eigenvalue weighted by Gasteiger charge is 2.28. The molecule has 1 N–H and O–H groups in total. The fourth-order valence-corrected chi connectivity index (χ4v) is 4.91. The van der Waals surface area contributed by atoms with Crippen molar-refractivity contribution in [3.05, 3.63) is 89.6 Å². The summed E-state index contributed by atoms with van der Waals surface area (Å²) in [7, 11) is 2.10. The maximum absolute atomic E-state index is 13.5. The van der Waals surface area contributed by atoms with E-state index < -0.39 is 11.7 Å². The lowest BCUT2D eigenvalue weighted by molar-refractivity contribution is -0.112. The van der Waals surface area contributed by atoms with Crippen LogP contribution in [0.1, 0.15) is 35.2 Å². The highest BCUT2D eigenvalue weighted by Crippen LogP contribution is 2.34. The summed E-state index contributed by atoms with van der Waals surface area (Å²) in [6.07, 6.45) is 8.02. The number of carbonyl (C=O) groups excluding carboxylic acids is 2. The zero-order valence-corrected chi connectivity index (χ0v) is 19.3. The highest BCUT2D eigenvalue weighted by molar-refractivity contribution is 6.47. The van der Waals surface area contributed by atoms with Gasteiger partial charge in [0.2, 0.25) is 5.89 Å². The fourth-order valence-electron chi connectivity index (χ4n) is 4.91. The van der Waals surface area contributed by atoms with E-state index in [2.05, 4.69) is 46.5 Å². The Morgan fingerprint density at radius 2 is 1.83 bits per heavy atom. The van der Waals surface area contributed by atoms with Crippen LogP contribution in [-0.4, -0.2) is 33.2 Å². The van der Waals surface area contributed by atoms with Gasteiger partial charge in [0.15, 0.2) is 0 Å². The van der Waals surface area contributed by atoms with Gasteiger partial charge in [-0.2, -0.15) is 0 Å². The molecule has 0 bridgehead atoms. The van der Waals surface area contributed by atoms with Gasteiger partial charge in [0.1, 0.15) is 12.0 Å². The Bertz CT molecular complexity index is 1470. The van der Waals surface area contributed by atoms with Crippen LogP contribution in [0.25, 0.3) is 28.7 Å². The van der Waals surface area contributed by atoms with Crippen LogP contribution >= 0.6 is 0 Å². The van der Waals surface area contributed by atoms with Crippen molar-refractivity contribution < 1.29 is 15.4 Å². The largest absolute Gasteiger partial charge is 0.445 e. The number of Topliss-reactive ketones (excluding diaryl/α,β-unsaturated/α-hetero) is 1. The number of hydrogen-bond acceptors (Lipinski definition) is 5. The smallest absolute Gasteiger partial charge is 0.298 e. The lowest BCUT2D eigenvalue weighted by Gasteiger charge is -2.14. The van der Waals surface area contributed by atoms with E-state index in [1.54, 1.807) is 30.5 Å². The molecular formula is C28H26N4O3. The van der Waals surface area contributed by atoms with Crippen molar-refractivity contribution in [2.45, 2.75) is 26.1 Å². The third-order valence-corrected chi connectivity index (χ3v) is 6.58. The molecule has 2 aliphatic heterocycles. The maximum Gasteiger partial charge on any atom is 0.298 e. The first-order valence-corrected chi connectivity index (χ1v) is 11.6. The lowest BCUT2D eigenvalue weighted by atomic mass is 9.99. The molecule has 0 saturated carbocycles. The molecule has 6 rings (SSSR count). The molecular weight excluding hydrogens is 440 g/mol. The summed E-state index contributed by atoms with van der Waals surface area (Å²) in [5, 5.41) is 2.76. The molecule has 2 aliphatic rings. The van der Waals surface area contributed by atoms with E-state index in [0.29, 0.717) is 23.8 Å². The number of carbonyl (C=O) groups is 2. The third-order valence-electron chi connectivity index (χ3n) is 6.58. The maximum atomic E-state index is 13.5. The van der Waals surface area contributed by atoms with Gasteiger partial charge in [0.05, 0.1) is 6.20 Å². The van der Waals surface area contributed by atoms with Gasteiger partial charge in [-0.25, -0.2) is 4.98 Å². The summed E-state index contributed by atoms with van der Waals surface area (Å²) in [6.45, 7) is 2.47. The Morgan fingerprint density at radius 3 is 2.63 bits per heavy atom. The minimum atomic E-state index is -0.661.